The molecule has 0 radical (unpaired) electrons. The molecule has 0 N–H and O–H groups in total. The number of aromatic nitrogens is 1. The Kier molecular flexibility index (Phi) is 4.05. The first kappa shape index (κ1) is 16.9. The van der Waals surface area contributed by atoms with Crippen LogP contribution in [-0.2, 0) is 24.2 Å². The maximum Gasteiger partial charge on any atom is 0.231 e. The molecular weight excluding hydrogens is 346 g/mol. The summed E-state index contributed by atoms with van der Waals surface area (Å²) >= 11 is 0. The van der Waals surface area contributed by atoms with Crippen LogP contribution in [0.1, 0.15) is 33.5 Å². The minimum Gasteiger partial charge on any atom is -0.311 e. The highest BCUT2D eigenvalue weighted by atomic mass is 16.2. The van der Waals surface area contributed by atoms with Gasteiger partial charge in [0.05, 0.1) is 18.7 Å². The van der Waals surface area contributed by atoms with E-state index in [0.717, 1.165) is 40.2 Å². The summed E-state index contributed by atoms with van der Waals surface area (Å²) in [6.45, 7) is 3.37. The number of aliphatic imine (C=N–C) groups is 1. The van der Waals surface area contributed by atoms with Crippen molar-refractivity contribution in [3.05, 3.63) is 94.3 Å². The lowest BCUT2D eigenvalue weighted by Crippen LogP contribution is -2.29. The highest BCUT2D eigenvalue weighted by molar-refractivity contribution is 6.16. The van der Waals surface area contributed by atoms with E-state index in [1.54, 1.807) is 0 Å². The Bertz CT molecular complexity index is 1100. The van der Waals surface area contributed by atoms with Crippen molar-refractivity contribution in [1.29, 1.82) is 0 Å². The average Bonchev–Trinajstić information content (AvgIpc) is 3.25. The minimum absolute atomic E-state index is 0.188. The normalized spacial score (nSPS) is 14.8. The number of anilines is 1. The molecule has 3 aromatic rings. The molecule has 0 saturated carbocycles. The Morgan fingerprint density at radius 3 is 2.71 bits per heavy atom. The predicted molar refractivity (Wildman–Crippen MR) is 111 cm³/mol. The summed E-state index contributed by atoms with van der Waals surface area (Å²) < 4.78 is 0. The molecule has 0 fully saturated rings. The summed E-state index contributed by atoms with van der Waals surface area (Å²) in [5.74, 6) is 0.188. The number of rotatable bonds is 4. The van der Waals surface area contributed by atoms with Gasteiger partial charge in [-0.05, 0) is 48.2 Å². The van der Waals surface area contributed by atoms with Crippen LogP contribution in [0.2, 0.25) is 0 Å². The van der Waals surface area contributed by atoms with Crippen molar-refractivity contribution < 1.29 is 4.79 Å². The summed E-state index contributed by atoms with van der Waals surface area (Å²) in [5.41, 5.74) is 8.84. The van der Waals surface area contributed by atoms with Crippen molar-refractivity contribution in [2.45, 2.75) is 26.3 Å². The highest BCUT2D eigenvalue weighted by Crippen LogP contribution is 2.35. The summed E-state index contributed by atoms with van der Waals surface area (Å²) in [6.07, 6.45) is 3.17. The van der Waals surface area contributed by atoms with Crippen LogP contribution in [-0.4, -0.2) is 23.1 Å². The Morgan fingerprint density at radius 2 is 1.89 bits per heavy atom. The topological polar surface area (TPSA) is 45.6 Å². The van der Waals surface area contributed by atoms with E-state index in [0.29, 0.717) is 19.5 Å². The molecule has 28 heavy (non-hydrogen) atoms. The first-order valence-electron chi connectivity index (χ1n) is 9.67. The number of hydrogen-bond acceptors (Lipinski definition) is 3. The van der Waals surface area contributed by atoms with Gasteiger partial charge in [0, 0.05) is 35.2 Å². The lowest BCUT2D eigenvalue weighted by atomic mass is 9.97. The van der Waals surface area contributed by atoms with Gasteiger partial charge in [0.1, 0.15) is 0 Å². The van der Waals surface area contributed by atoms with Crippen molar-refractivity contribution in [3.63, 3.8) is 0 Å². The molecule has 1 amide bonds. The summed E-state index contributed by atoms with van der Waals surface area (Å²) in [6, 6.07) is 18.7. The highest BCUT2D eigenvalue weighted by Gasteiger charge is 2.30. The quantitative estimate of drug-likeness (QED) is 0.703. The number of carbonyl (C=O) groups excluding carboxylic acids is 1. The second-order valence-corrected chi connectivity index (χ2v) is 7.45. The lowest BCUT2D eigenvalue weighted by molar-refractivity contribution is -0.117. The molecule has 5 rings (SSSR count). The lowest BCUT2D eigenvalue weighted by Gasteiger charge is -2.18. The van der Waals surface area contributed by atoms with Gasteiger partial charge >= 0.3 is 0 Å². The average molecular weight is 367 g/mol. The van der Waals surface area contributed by atoms with E-state index in [4.69, 9.17) is 4.99 Å². The fraction of sp³-hybridized carbons (Fsp3) is 0.208. The van der Waals surface area contributed by atoms with Gasteiger partial charge in [0.25, 0.3) is 0 Å². The van der Waals surface area contributed by atoms with E-state index in [1.807, 2.05) is 42.3 Å². The third-order valence-electron chi connectivity index (χ3n) is 5.54. The largest absolute Gasteiger partial charge is 0.311 e. The standard InChI is InChI=1S/C24H21N3O/c1-16-11-18(7-9-25-16)24-21-14-22-19(12-20(21)15-26-24)13-23(28)27(22)10-8-17-5-3-2-4-6-17/h2-7,9,11-12,14H,8,10,13,15H2,1H3. The molecule has 2 aliphatic rings. The van der Waals surface area contributed by atoms with Gasteiger partial charge < -0.3 is 4.90 Å². The summed E-state index contributed by atoms with van der Waals surface area (Å²) in [4.78, 5) is 23.7. The van der Waals surface area contributed by atoms with Crippen molar-refractivity contribution in [2.75, 3.05) is 11.4 Å². The number of fused-ring (bicyclic) bond motifs is 2. The predicted octanol–water partition coefficient (Wildman–Crippen LogP) is 3.87. The van der Waals surface area contributed by atoms with E-state index < -0.39 is 0 Å². The number of aryl methyl sites for hydroxylation is 1. The van der Waals surface area contributed by atoms with Crippen molar-refractivity contribution >= 4 is 17.3 Å². The zero-order valence-electron chi connectivity index (χ0n) is 15.9. The van der Waals surface area contributed by atoms with Gasteiger partial charge in [-0.3, -0.25) is 14.8 Å². The third-order valence-corrected chi connectivity index (χ3v) is 5.54. The van der Waals surface area contributed by atoms with Gasteiger partial charge in [0.15, 0.2) is 0 Å². The van der Waals surface area contributed by atoms with Crippen LogP contribution in [0.4, 0.5) is 5.69 Å². The van der Waals surface area contributed by atoms with E-state index in [-0.39, 0.29) is 5.91 Å². The maximum absolute atomic E-state index is 12.7. The molecule has 138 valence electrons. The van der Waals surface area contributed by atoms with E-state index in [2.05, 4.69) is 35.3 Å². The van der Waals surface area contributed by atoms with Crippen LogP contribution in [0.15, 0.2) is 65.8 Å². The molecule has 0 atom stereocenters. The fourth-order valence-corrected chi connectivity index (χ4v) is 4.14. The van der Waals surface area contributed by atoms with Crippen LogP contribution in [0.25, 0.3) is 0 Å². The Morgan fingerprint density at radius 1 is 1.04 bits per heavy atom. The molecule has 0 unspecified atom stereocenters. The monoisotopic (exact) mass is 367 g/mol. The molecule has 3 heterocycles. The van der Waals surface area contributed by atoms with Crippen molar-refractivity contribution in [2.24, 2.45) is 4.99 Å². The number of amides is 1. The number of carbonyl (C=O) groups is 1. The number of pyridine rings is 1. The maximum atomic E-state index is 12.7. The SMILES string of the molecule is Cc1cc(C2=NCc3cc4c(cc32)N(CCc2ccccc2)C(=O)C4)ccn1. The Balaban J connectivity index is 1.47. The fourth-order valence-electron chi connectivity index (χ4n) is 4.14. The van der Waals surface area contributed by atoms with Gasteiger partial charge in [-0.25, -0.2) is 0 Å². The molecule has 0 bridgehead atoms. The second-order valence-electron chi connectivity index (χ2n) is 7.45. The van der Waals surface area contributed by atoms with Crippen molar-refractivity contribution in [1.82, 2.24) is 4.98 Å². The number of nitrogens with zero attached hydrogens (tertiary/aromatic N) is 3. The van der Waals surface area contributed by atoms with Crippen molar-refractivity contribution in [3.8, 4) is 0 Å². The zero-order chi connectivity index (χ0) is 19.1. The number of benzene rings is 2. The summed E-state index contributed by atoms with van der Waals surface area (Å²) in [7, 11) is 0. The molecule has 4 nitrogen and oxygen atoms in total. The van der Waals surface area contributed by atoms with Gasteiger partial charge in [-0.15, -0.1) is 0 Å². The van der Waals surface area contributed by atoms with E-state index in [9.17, 15) is 4.79 Å². The third kappa shape index (κ3) is 2.91. The van der Waals surface area contributed by atoms with Gasteiger partial charge in [-0.1, -0.05) is 36.4 Å². The second kappa shape index (κ2) is 6.71. The Labute approximate surface area is 164 Å². The summed E-state index contributed by atoms with van der Waals surface area (Å²) in [5, 5.41) is 0. The van der Waals surface area contributed by atoms with E-state index in [1.165, 1.54) is 11.1 Å². The molecule has 2 aromatic carbocycles. The van der Waals surface area contributed by atoms with Gasteiger partial charge in [-0.2, -0.15) is 0 Å². The molecule has 1 aromatic heterocycles. The first-order valence-corrected chi connectivity index (χ1v) is 9.67. The number of hydrogen-bond donors (Lipinski definition) is 0. The molecular formula is C24H21N3O. The van der Waals surface area contributed by atoms with Crippen LogP contribution in [0, 0.1) is 6.92 Å². The minimum atomic E-state index is 0.188. The molecule has 0 saturated heterocycles. The molecule has 0 spiro atoms. The zero-order valence-corrected chi connectivity index (χ0v) is 15.9. The molecule has 2 aliphatic heterocycles. The van der Waals surface area contributed by atoms with E-state index >= 15 is 0 Å². The van der Waals surface area contributed by atoms with Crippen LogP contribution < -0.4 is 4.90 Å². The van der Waals surface area contributed by atoms with Crippen LogP contribution in [0.5, 0.6) is 0 Å². The molecule has 0 aliphatic carbocycles. The van der Waals surface area contributed by atoms with Gasteiger partial charge in [0.2, 0.25) is 5.91 Å². The molecule has 4 heteroatoms. The first-order chi connectivity index (χ1) is 13.7. The van der Waals surface area contributed by atoms with Crippen LogP contribution in [0.3, 0.4) is 0 Å². The smallest absolute Gasteiger partial charge is 0.231 e. The Hall–Kier alpha value is -3.27. The van der Waals surface area contributed by atoms with Crippen LogP contribution >= 0.6 is 0 Å².